The Morgan fingerprint density at radius 2 is 1.00 bits per heavy atom. The summed E-state index contributed by atoms with van der Waals surface area (Å²) in [7, 11) is 0. The van der Waals surface area contributed by atoms with Crippen LogP contribution in [0.25, 0.3) is 11.1 Å². The summed E-state index contributed by atoms with van der Waals surface area (Å²) < 4.78 is 0. The largest absolute Gasteiger partial charge is 0.192 e. The number of nitrogens with zero attached hydrogens (tertiary/aromatic N) is 1. The second-order valence-corrected chi connectivity index (χ2v) is 8.03. The fourth-order valence-corrected chi connectivity index (χ4v) is 3.77. The lowest BCUT2D eigenvalue weighted by Crippen LogP contribution is -1.87. The number of nitriles is 1. The molecular weight excluding hydrogens is 338 g/mol. The van der Waals surface area contributed by atoms with Crippen molar-refractivity contribution in [1.82, 2.24) is 0 Å². The summed E-state index contributed by atoms with van der Waals surface area (Å²) in [5.74, 6) is 0. The summed E-state index contributed by atoms with van der Waals surface area (Å²) in [4.78, 5) is 0. The minimum absolute atomic E-state index is 0.715. The van der Waals surface area contributed by atoms with Crippen LogP contribution in [0.2, 0.25) is 0 Å². The van der Waals surface area contributed by atoms with Crippen molar-refractivity contribution in [3.63, 3.8) is 0 Å². The van der Waals surface area contributed by atoms with Crippen LogP contribution in [0.5, 0.6) is 0 Å². The lowest BCUT2D eigenvalue weighted by atomic mass is 10.00. The average molecular weight is 376 g/mol. The number of unbranched alkanes of at least 4 members (excludes halogenated alkanes) is 11. The first-order valence-electron chi connectivity index (χ1n) is 11.4. The molecular formula is C27H37N. The molecule has 0 radical (unpaired) electrons. The fourth-order valence-electron chi connectivity index (χ4n) is 3.77. The summed E-state index contributed by atoms with van der Waals surface area (Å²) in [5, 5.41) is 8.90. The lowest BCUT2D eigenvalue weighted by molar-refractivity contribution is 0.544. The molecule has 0 atom stereocenters. The Morgan fingerprint density at radius 3 is 1.46 bits per heavy atom. The summed E-state index contributed by atoms with van der Waals surface area (Å²) in [6.07, 6.45) is 18.0. The minimum atomic E-state index is 0.715. The van der Waals surface area contributed by atoms with Gasteiger partial charge in [-0.3, -0.25) is 0 Å². The number of hydrogen-bond acceptors (Lipinski definition) is 1. The van der Waals surface area contributed by atoms with Crippen LogP contribution in [-0.4, -0.2) is 0 Å². The van der Waals surface area contributed by atoms with Crippen molar-refractivity contribution in [2.75, 3.05) is 0 Å². The molecule has 0 aliphatic rings. The Kier molecular flexibility index (Phi) is 11.1. The van der Waals surface area contributed by atoms with Crippen LogP contribution in [0.15, 0.2) is 48.5 Å². The molecule has 0 heterocycles. The van der Waals surface area contributed by atoms with Gasteiger partial charge >= 0.3 is 0 Å². The third kappa shape index (κ3) is 8.75. The predicted molar refractivity (Wildman–Crippen MR) is 121 cm³/mol. The van der Waals surface area contributed by atoms with Crippen LogP contribution in [0.3, 0.4) is 0 Å². The van der Waals surface area contributed by atoms with E-state index < -0.39 is 0 Å². The maximum absolute atomic E-state index is 8.90. The van der Waals surface area contributed by atoms with E-state index in [9.17, 15) is 0 Å². The predicted octanol–water partition coefficient (Wildman–Crippen LogP) is 8.47. The average Bonchev–Trinajstić information content (AvgIpc) is 2.75. The fraction of sp³-hybridized carbons (Fsp3) is 0.519. The SMILES string of the molecule is CCCCCCCCCCCCCCc1ccc(-c2ccc(C#N)cc2)cc1. The Balaban J connectivity index is 1.53. The third-order valence-corrected chi connectivity index (χ3v) is 5.62. The molecule has 0 unspecified atom stereocenters. The van der Waals surface area contributed by atoms with Gasteiger partial charge in [-0.05, 0) is 41.7 Å². The zero-order chi connectivity index (χ0) is 19.9. The van der Waals surface area contributed by atoms with Crippen molar-refractivity contribution >= 4 is 0 Å². The van der Waals surface area contributed by atoms with Gasteiger partial charge in [0.25, 0.3) is 0 Å². The third-order valence-electron chi connectivity index (χ3n) is 5.62. The first-order chi connectivity index (χ1) is 13.8. The van der Waals surface area contributed by atoms with E-state index in [1.54, 1.807) is 0 Å². The number of benzene rings is 2. The van der Waals surface area contributed by atoms with Gasteiger partial charge in [0.2, 0.25) is 0 Å². The Morgan fingerprint density at radius 1 is 0.571 bits per heavy atom. The molecule has 0 aliphatic carbocycles. The van der Waals surface area contributed by atoms with Gasteiger partial charge in [-0.2, -0.15) is 5.26 Å². The molecule has 0 fully saturated rings. The Labute approximate surface area is 172 Å². The molecule has 2 rings (SSSR count). The van der Waals surface area contributed by atoms with E-state index in [0.717, 1.165) is 0 Å². The molecule has 2 aromatic carbocycles. The van der Waals surface area contributed by atoms with Crippen molar-refractivity contribution in [2.45, 2.75) is 90.4 Å². The maximum atomic E-state index is 8.90. The minimum Gasteiger partial charge on any atom is -0.192 e. The molecule has 0 spiro atoms. The lowest BCUT2D eigenvalue weighted by Gasteiger charge is -2.06. The quantitative estimate of drug-likeness (QED) is 0.304. The highest BCUT2D eigenvalue weighted by Crippen LogP contribution is 2.21. The van der Waals surface area contributed by atoms with E-state index in [4.69, 9.17) is 5.26 Å². The summed E-state index contributed by atoms with van der Waals surface area (Å²) in [6.45, 7) is 2.28. The number of rotatable bonds is 14. The molecule has 28 heavy (non-hydrogen) atoms. The van der Waals surface area contributed by atoms with Crippen molar-refractivity contribution in [2.24, 2.45) is 0 Å². The van der Waals surface area contributed by atoms with E-state index in [0.29, 0.717) is 5.56 Å². The van der Waals surface area contributed by atoms with Gasteiger partial charge in [0.15, 0.2) is 0 Å². The monoisotopic (exact) mass is 375 g/mol. The summed E-state index contributed by atoms with van der Waals surface area (Å²) in [6, 6.07) is 18.9. The molecule has 150 valence electrons. The maximum Gasteiger partial charge on any atom is 0.0991 e. The number of hydrogen-bond donors (Lipinski definition) is 0. The van der Waals surface area contributed by atoms with Gasteiger partial charge in [-0.15, -0.1) is 0 Å². The van der Waals surface area contributed by atoms with Gasteiger partial charge in [-0.25, -0.2) is 0 Å². The molecule has 0 bridgehead atoms. The molecule has 0 amide bonds. The standard InChI is InChI=1S/C27H37N/c1-2-3-4-5-6-7-8-9-10-11-12-13-14-24-15-19-26(20-16-24)27-21-17-25(23-28)18-22-27/h15-22H,2-14H2,1H3. The number of aryl methyl sites for hydroxylation is 1. The van der Waals surface area contributed by atoms with E-state index in [1.165, 1.54) is 100 Å². The van der Waals surface area contributed by atoms with Crippen molar-refractivity contribution in [1.29, 1.82) is 5.26 Å². The van der Waals surface area contributed by atoms with Crippen LogP contribution in [0.1, 0.15) is 95.1 Å². The molecule has 0 saturated carbocycles. The van der Waals surface area contributed by atoms with Crippen LogP contribution in [0.4, 0.5) is 0 Å². The van der Waals surface area contributed by atoms with E-state index in [1.807, 2.05) is 24.3 Å². The molecule has 2 aromatic rings. The first kappa shape index (κ1) is 22.2. The van der Waals surface area contributed by atoms with Gasteiger partial charge in [0.1, 0.15) is 0 Å². The molecule has 1 nitrogen and oxygen atoms in total. The van der Waals surface area contributed by atoms with Crippen LogP contribution in [0, 0.1) is 11.3 Å². The zero-order valence-corrected chi connectivity index (χ0v) is 17.8. The zero-order valence-electron chi connectivity index (χ0n) is 17.8. The first-order valence-corrected chi connectivity index (χ1v) is 11.4. The van der Waals surface area contributed by atoms with Gasteiger partial charge in [0, 0.05) is 0 Å². The van der Waals surface area contributed by atoms with Gasteiger partial charge < -0.3 is 0 Å². The van der Waals surface area contributed by atoms with Gasteiger partial charge in [-0.1, -0.05) is 114 Å². The molecule has 0 aliphatic heterocycles. The topological polar surface area (TPSA) is 23.8 Å². The Bertz CT molecular complexity index is 676. The van der Waals surface area contributed by atoms with E-state index in [-0.39, 0.29) is 0 Å². The van der Waals surface area contributed by atoms with Crippen molar-refractivity contribution in [3.8, 4) is 17.2 Å². The molecule has 0 saturated heterocycles. The summed E-state index contributed by atoms with van der Waals surface area (Å²) in [5.41, 5.74) is 4.55. The normalized spacial score (nSPS) is 10.7. The van der Waals surface area contributed by atoms with Crippen LogP contribution < -0.4 is 0 Å². The Hall–Kier alpha value is -2.07. The smallest absolute Gasteiger partial charge is 0.0991 e. The summed E-state index contributed by atoms with van der Waals surface area (Å²) >= 11 is 0. The van der Waals surface area contributed by atoms with Crippen LogP contribution in [-0.2, 0) is 6.42 Å². The highest BCUT2D eigenvalue weighted by molar-refractivity contribution is 5.64. The highest BCUT2D eigenvalue weighted by atomic mass is 14.2. The van der Waals surface area contributed by atoms with Crippen LogP contribution >= 0.6 is 0 Å². The van der Waals surface area contributed by atoms with Crippen molar-refractivity contribution in [3.05, 3.63) is 59.7 Å². The molecule has 0 aromatic heterocycles. The molecule has 0 N–H and O–H groups in total. The van der Waals surface area contributed by atoms with Crippen molar-refractivity contribution < 1.29 is 0 Å². The molecule has 1 heteroatoms. The van der Waals surface area contributed by atoms with Gasteiger partial charge in [0.05, 0.1) is 11.6 Å². The second-order valence-electron chi connectivity index (χ2n) is 8.03. The second kappa shape index (κ2) is 14.0. The van der Waals surface area contributed by atoms with E-state index in [2.05, 4.69) is 37.3 Å². The highest BCUT2D eigenvalue weighted by Gasteiger charge is 2.00. The van der Waals surface area contributed by atoms with E-state index >= 15 is 0 Å².